The number of aryl methyl sites for hydroxylation is 1. The molecule has 0 saturated carbocycles. The molecule has 7 nitrogen and oxygen atoms in total. The molecule has 26 heavy (non-hydrogen) atoms. The highest BCUT2D eigenvalue weighted by Crippen LogP contribution is 2.37. The number of Topliss-reactive ketones (excluding diaryl/α,β-unsaturated/α-hetero) is 2. The van der Waals surface area contributed by atoms with Crippen LogP contribution in [0.1, 0.15) is 28.4 Å². The zero-order valence-corrected chi connectivity index (χ0v) is 14.1. The molecule has 7 heteroatoms. The monoisotopic (exact) mass is 353 g/mol. The molecular formula is C19H15NO6. The van der Waals surface area contributed by atoms with Crippen LogP contribution in [-0.4, -0.2) is 23.1 Å². The molecular weight excluding hydrogens is 338 g/mol. The van der Waals surface area contributed by atoms with E-state index in [0.717, 1.165) is 0 Å². The first-order valence-electron chi connectivity index (χ1n) is 7.81. The number of nitrogens with zero attached hydrogens (tertiary/aromatic N) is 1. The first-order valence-corrected chi connectivity index (χ1v) is 7.81. The lowest BCUT2D eigenvalue weighted by Gasteiger charge is -2.07. The van der Waals surface area contributed by atoms with Crippen molar-refractivity contribution in [2.75, 3.05) is 6.61 Å². The average molecular weight is 353 g/mol. The molecule has 3 rings (SSSR count). The summed E-state index contributed by atoms with van der Waals surface area (Å²) in [6, 6.07) is 9.14. The number of carbonyl (C=O) groups is 2. The van der Waals surface area contributed by atoms with E-state index in [2.05, 4.69) is 0 Å². The Kier molecular flexibility index (Phi) is 4.53. The zero-order chi connectivity index (χ0) is 18.8. The lowest BCUT2D eigenvalue weighted by atomic mass is 10.0. The summed E-state index contributed by atoms with van der Waals surface area (Å²) in [5, 5.41) is 10.9. The maximum atomic E-state index is 12.6. The highest BCUT2D eigenvalue weighted by atomic mass is 16.6. The summed E-state index contributed by atoms with van der Waals surface area (Å²) >= 11 is 0. The molecule has 132 valence electrons. The number of carbonyl (C=O) groups excluding carboxylic acids is 2. The molecule has 0 radical (unpaired) electrons. The van der Waals surface area contributed by atoms with E-state index >= 15 is 0 Å². The third-order valence-electron chi connectivity index (χ3n) is 3.76. The Hall–Kier alpha value is -3.48. The van der Waals surface area contributed by atoms with Gasteiger partial charge in [0.1, 0.15) is 18.1 Å². The zero-order valence-electron chi connectivity index (χ0n) is 14.1. The van der Waals surface area contributed by atoms with Crippen LogP contribution in [0.3, 0.4) is 0 Å². The van der Waals surface area contributed by atoms with Crippen molar-refractivity contribution in [2.24, 2.45) is 0 Å². The van der Waals surface area contributed by atoms with Crippen molar-refractivity contribution in [2.45, 2.75) is 13.8 Å². The van der Waals surface area contributed by atoms with Gasteiger partial charge in [-0.15, -0.1) is 0 Å². The molecule has 0 N–H and O–H groups in total. The Bertz CT molecular complexity index is 960. The molecule has 0 bridgehead atoms. The molecule has 1 aliphatic heterocycles. The van der Waals surface area contributed by atoms with Gasteiger partial charge in [0.2, 0.25) is 5.78 Å². The first kappa shape index (κ1) is 17.3. The Morgan fingerprint density at radius 2 is 2.08 bits per heavy atom. The molecule has 2 aromatic carbocycles. The van der Waals surface area contributed by atoms with Crippen LogP contribution in [0.15, 0.2) is 42.2 Å². The summed E-state index contributed by atoms with van der Waals surface area (Å²) in [6.45, 7) is 3.10. The van der Waals surface area contributed by atoms with Crippen LogP contribution in [0.4, 0.5) is 5.69 Å². The second-order valence-electron chi connectivity index (χ2n) is 5.90. The van der Waals surface area contributed by atoms with E-state index < -0.39 is 4.92 Å². The molecule has 0 spiro atoms. The largest absolute Gasteiger partial charge is 0.486 e. The second kappa shape index (κ2) is 6.79. The van der Waals surface area contributed by atoms with Crippen LogP contribution in [0.2, 0.25) is 0 Å². The van der Waals surface area contributed by atoms with E-state index in [1.54, 1.807) is 25.1 Å². The molecule has 1 heterocycles. The fourth-order valence-corrected chi connectivity index (χ4v) is 2.63. The van der Waals surface area contributed by atoms with Gasteiger partial charge in [-0.25, -0.2) is 0 Å². The van der Waals surface area contributed by atoms with E-state index in [4.69, 9.17) is 9.47 Å². The molecule has 1 aliphatic rings. The van der Waals surface area contributed by atoms with Gasteiger partial charge < -0.3 is 9.47 Å². The molecule has 0 saturated heterocycles. The summed E-state index contributed by atoms with van der Waals surface area (Å²) in [5.41, 5.74) is 1.49. The number of hydrogen-bond acceptors (Lipinski definition) is 6. The maximum Gasteiger partial charge on any atom is 0.270 e. The topological polar surface area (TPSA) is 95.7 Å². The number of nitro groups is 1. The molecule has 2 aromatic rings. The van der Waals surface area contributed by atoms with E-state index in [9.17, 15) is 19.7 Å². The quantitative estimate of drug-likeness (QED) is 0.464. The Balaban J connectivity index is 1.92. The summed E-state index contributed by atoms with van der Waals surface area (Å²) in [4.78, 5) is 34.0. The van der Waals surface area contributed by atoms with Crippen molar-refractivity contribution in [3.05, 3.63) is 69.0 Å². The predicted octanol–water partition coefficient (Wildman–Crippen LogP) is 3.49. The van der Waals surface area contributed by atoms with Crippen LogP contribution in [0, 0.1) is 17.0 Å². The van der Waals surface area contributed by atoms with Crippen molar-refractivity contribution in [1.29, 1.82) is 0 Å². The summed E-state index contributed by atoms with van der Waals surface area (Å²) in [6.07, 6.45) is 1.46. The van der Waals surface area contributed by atoms with Gasteiger partial charge in [-0.2, -0.15) is 0 Å². The highest BCUT2D eigenvalue weighted by molar-refractivity contribution is 6.15. The van der Waals surface area contributed by atoms with E-state index in [0.29, 0.717) is 28.2 Å². The maximum absolute atomic E-state index is 12.6. The Morgan fingerprint density at radius 3 is 2.77 bits per heavy atom. The van der Waals surface area contributed by atoms with Crippen LogP contribution in [0.5, 0.6) is 11.5 Å². The van der Waals surface area contributed by atoms with Gasteiger partial charge in [0.25, 0.3) is 5.69 Å². The van der Waals surface area contributed by atoms with Crippen molar-refractivity contribution >= 4 is 23.3 Å². The molecule has 0 aromatic heterocycles. The van der Waals surface area contributed by atoms with E-state index in [-0.39, 0.29) is 29.6 Å². The number of rotatable bonds is 5. The molecule has 0 aliphatic carbocycles. The van der Waals surface area contributed by atoms with Crippen molar-refractivity contribution in [3.63, 3.8) is 0 Å². The SMILES string of the molecule is CC(=O)COc1cc(C)c2c(c1)O/C(=C\c1cccc([N+](=O)[O-])c1)C2=O. The van der Waals surface area contributed by atoms with Gasteiger partial charge in [-0.3, -0.25) is 19.7 Å². The lowest BCUT2D eigenvalue weighted by Crippen LogP contribution is -2.06. The fourth-order valence-electron chi connectivity index (χ4n) is 2.63. The number of allylic oxidation sites excluding steroid dienone is 1. The highest BCUT2D eigenvalue weighted by Gasteiger charge is 2.30. The van der Waals surface area contributed by atoms with Crippen molar-refractivity contribution in [1.82, 2.24) is 0 Å². The van der Waals surface area contributed by atoms with Gasteiger partial charge >= 0.3 is 0 Å². The average Bonchev–Trinajstić information content (AvgIpc) is 2.89. The van der Waals surface area contributed by atoms with Crippen molar-refractivity contribution < 1.29 is 24.0 Å². The molecule has 0 fully saturated rings. The number of benzene rings is 2. The molecule has 0 unspecified atom stereocenters. The third kappa shape index (κ3) is 3.46. The van der Waals surface area contributed by atoms with Crippen LogP contribution < -0.4 is 9.47 Å². The Morgan fingerprint density at radius 1 is 1.31 bits per heavy atom. The van der Waals surface area contributed by atoms with Gasteiger partial charge in [0.15, 0.2) is 11.5 Å². The third-order valence-corrected chi connectivity index (χ3v) is 3.76. The van der Waals surface area contributed by atoms with Gasteiger partial charge in [-0.05, 0) is 37.1 Å². The smallest absolute Gasteiger partial charge is 0.270 e. The number of fused-ring (bicyclic) bond motifs is 1. The molecule has 0 amide bonds. The van der Waals surface area contributed by atoms with Crippen molar-refractivity contribution in [3.8, 4) is 11.5 Å². The van der Waals surface area contributed by atoms with Gasteiger partial charge in [0.05, 0.1) is 10.5 Å². The van der Waals surface area contributed by atoms with Gasteiger partial charge in [0, 0.05) is 18.2 Å². The summed E-state index contributed by atoms with van der Waals surface area (Å²) < 4.78 is 11.0. The van der Waals surface area contributed by atoms with Crippen LogP contribution in [-0.2, 0) is 4.79 Å². The van der Waals surface area contributed by atoms with Crippen LogP contribution in [0.25, 0.3) is 6.08 Å². The number of nitro benzene ring substituents is 1. The van der Waals surface area contributed by atoms with Gasteiger partial charge in [-0.1, -0.05) is 12.1 Å². The second-order valence-corrected chi connectivity index (χ2v) is 5.90. The molecule has 0 atom stereocenters. The summed E-state index contributed by atoms with van der Waals surface area (Å²) in [7, 11) is 0. The number of ketones is 2. The minimum atomic E-state index is -0.503. The minimum absolute atomic E-state index is 0.0669. The number of hydrogen-bond donors (Lipinski definition) is 0. The number of ether oxygens (including phenoxy) is 2. The normalized spacial score (nSPS) is 14.1. The number of non-ortho nitro benzene ring substituents is 1. The fraction of sp³-hybridized carbons (Fsp3) is 0.158. The lowest BCUT2D eigenvalue weighted by molar-refractivity contribution is -0.384. The first-order chi connectivity index (χ1) is 12.3. The minimum Gasteiger partial charge on any atom is -0.486 e. The summed E-state index contributed by atoms with van der Waals surface area (Å²) in [5.74, 6) is 0.423. The standard InChI is InChI=1S/C19H15NO6/c1-11-6-15(25-10-12(2)21)9-16-18(11)19(22)17(26-16)8-13-4-3-5-14(7-13)20(23)24/h3-9H,10H2,1-2H3/b17-8-. The predicted molar refractivity (Wildman–Crippen MR) is 93.4 cm³/mol. The van der Waals surface area contributed by atoms with Crippen LogP contribution >= 0.6 is 0 Å². The van der Waals surface area contributed by atoms with E-state index in [1.807, 2.05) is 0 Å². The van der Waals surface area contributed by atoms with E-state index in [1.165, 1.54) is 31.2 Å². The Labute approximate surface area is 149 Å².